The zero-order valence-corrected chi connectivity index (χ0v) is 22.0. The summed E-state index contributed by atoms with van der Waals surface area (Å²) in [5.41, 5.74) is -0.229. The molecule has 1 heterocycles. The minimum atomic E-state index is -1.41. The molecule has 0 aromatic heterocycles. The van der Waals surface area contributed by atoms with Crippen molar-refractivity contribution in [3.8, 4) is 0 Å². The summed E-state index contributed by atoms with van der Waals surface area (Å²) in [5.74, 6) is -1.81. The molecule has 188 valence electrons. The molecule has 0 aromatic rings. The first-order valence-corrected chi connectivity index (χ1v) is 12.5. The van der Waals surface area contributed by atoms with E-state index in [2.05, 4.69) is 62.3 Å². The summed E-state index contributed by atoms with van der Waals surface area (Å²) in [6.45, 7) is 19.4. The van der Waals surface area contributed by atoms with Gasteiger partial charge >= 0.3 is 17.7 Å². The summed E-state index contributed by atoms with van der Waals surface area (Å²) < 4.78 is 0. The van der Waals surface area contributed by atoms with Crippen molar-refractivity contribution >= 4 is 11.9 Å². The fourth-order valence-corrected chi connectivity index (χ4v) is 4.63. The summed E-state index contributed by atoms with van der Waals surface area (Å²) >= 11 is 0. The minimum Gasteiger partial charge on any atom is -0.247 e. The van der Waals surface area contributed by atoms with E-state index in [0.717, 1.165) is 44.9 Å². The maximum absolute atomic E-state index is 13.0. The van der Waals surface area contributed by atoms with E-state index in [1.807, 2.05) is 0 Å². The lowest BCUT2D eigenvalue weighted by atomic mass is 9.67. The first-order valence-electron chi connectivity index (χ1n) is 12.5. The van der Waals surface area contributed by atoms with Crippen LogP contribution in [0.5, 0.6) is 0 Å². The molecule has 1 unspecified atom stereocenters. The standard InChI is InChI=1S/C26H48O6/c1-19(2)14-10-11-16-21(25(8,9)18-24(5,6)7)22(27)29-30-23(28)26(31-32-26)17-13-12-15-20(3)4/h19-21H,10-18H2,1-9H3. The molecule has 0 radical (unpaired) electrons. The lowest BCUT2D eigenvalue weighted by Gasteiger charge is -2.37. The molecule has 1 rings (SSSR count). The van der Waals surface area contributed by atoms with E-state index in [4.69, 9.17) is 19.6 Å². The quantitative estimate of drug-likeness (QED) is 0.119. The number of hydrogen-bond donors (Lipinski definition) is 0. The van der Waals surface area contributed by atoms with Gasteiger partial charge in [0, 0.05) is 6.42 Å². The maximum Gasteiger partial charge on any atom is 0.420 e. The third-order valence-electron chi connectivity index (χ3n) is 6.07. The van der Waals surface area contributed by atoms with E-state index >= 15 is 0 Å². The smallest absolute Gasteiger partial charge is 0.247 e. The zero-order valence-electron chi connectivity index (χ0n) is 22.0. The number of hydrogen-bond acceptors (Lipinski definition) is 6. The van der Waals surface area contributed by atoms with E-state index in [9.17, 15) is 9.59 Å². The number of unbranched alkanes of at least 4 members (excludes halogenated alkanes) is 2. The van der Waals surface area contributed by atoms with Gasteiger partial charge in [0.25, 0.3) is 0 Å². The molecule has 32 heavy (non-hydrogen) atoms. The lowest BCUT2D eigenvalue weighted by Crippen LogP contribution is -2.37. The highest BCUT2D eigenvalue weighted by atomic mass is 17.4. The van der Waals surface area contributed by atoms with Gasteiger partial charge in [0.1, 0.15) is 0 Å². The molecule has 0 N–H and O–H groups in total. The van der Waals surface area contributed by atoms with Gasteiger partial charge < -0.3 is 0 Å². The van der Waals surface area contributed by atoms with Crippen molar-refractivity contribution < 1.29 is 29.1 Å². The van der Waals surface area contributed by atoms with E-state index in [1.165, 1.54) is 0 Å². The molecule has 1 aliphatic rings. The molecule has 0 bridgehead atoms. The first kappa shape index (κ1) is 28.9. The van der Waals surface area contributed by atoms with Gasteiger partial charge in [0.15, 0.2) is 0 Å². The molecule has 0 aliphatic carbocycles. The van der Waals surface area contributed by atoms with Gasteiger partial charge in [0.2, 0.25) is 0 Å². The van der Waals surface area contributed by atoms with Gasteiger partial charge in [-0.2, -0.15) is 9.78 Å². The van der Waals surface area contributed by atoms with Crippen LogP contribution < -0.4 is 0 Å². The second-order valence-corrected chi connectivity index (χ2v) is 12.3. The van der Waals surface area contributed by atoms with Crippen LogP contribution in [-0.2, 0) is 29.1 Å². The van der Waals surface area contributed by atoms with Crippen LogP contribution >= 0.6 is 0 Å². The topological polar surface area (TPSA) is 77.7 Å². The van der Waals surface area contributed by atoms with Crippen LogP contribution in [0.15, 0.2) is 0 Å². The fourth-order valence-electron chi connectivity index (χ4n) is 4.63. The molecule has 1 aliphatic heterocycles. The number of carbonyl (C=O) groups is 2. The average Bonchev–Trinajstić information content (AvgIpc) is 3.41. The number of rotatable bonds is 14. The molecule has 1 saturated heterocycles. The van der Waals surface area contributed by atoms with E-state index in [-0.39, 0.29) is 16.7 Å². The van der Waals surface area contributed by atoms with Gasteiger partial charge in [-0.3, -0.25) is 0 Å². The Morgan fingerprint density at radius 2 is 1.28 bits per heavy atom. The Hall–Kier alpha value is -1.14. The highest BCUT2D eigenvalue weighted by Crippen LogP contribution is 2.42. The van der Waals surface area contributed by atoms with Crippen LogP contribution in [0.3, 0.4) is 0 Å². The normalized spacial score (nSPS) is 16.8. The molecule has 0 aromatic carbocycles. The molecule has 6 heteroatoms. The fraction of sp³-hybridized carbons (Fsp3) is 0.923. The van der Waals surface area contributed by atoms with Crippen molar-refractivity contribution in [2.75, 3.05) is 0 Å². The summed E-state index contributed by atoms with van der Waals surface area (Å²) in [6.07, 6.45) is 7.90. The first-order chi connectivity index (χ1) is 14.7. The van der Waals surface area contributed by atoms with Crippen LogP contribution in [0.25, 0.3) is 0 Å². The summed E-state index contributed by atoms with van der Waals surface area (Å²) in [6, 6.07) is 0. The van der Waals surface area contributed by atoms with Gasteiger partial charge in [0.05, 0.1) is 5.92 Å². The number of carbonyl (C=O) groups excluding carboxylic acids is 2. The Labute approximate surface area is 195 Å². The predicted molar refractivity (Wildman–Crippen MR) is 125 cm³/mol. The lowest BCUT2D eigenvalue weighted by molar-refractivity contribution is -0.269. The third kappa shape index (κ3) is 10.7. The molecule has 1 fully saturated rings. The Balaban J connectivity index is 2.67. The highest BCUT2D eigenvalue weighted by Gasteiger charge is 2.59. The summed E-state index contributed by atoms with van der Waals surface area (Å²) in [5, 5.41) is 0. The molecule has 0 saturated carbocycles. The van der Waals surface area contributed by atoms with Crippen molar-refractivity contribution in [2.45, 2.75) is 126 Å². The van der Waals surface area contributed by atoms with Gasteiger partial charge in [-0.15, -0.1) is 0 Å². The molecular weight excluding hydrogens is 408 g/mol. The van der Waals surface area contributed by atoms with Gasteiger partial charge in [-0.05, 0) is 41.9 Å². The Morgan fingerprint density at radius 1 is 0.781 bits per heavy atom. The van der Waals surface area contributed by atoms with Crippen molar-refractivity contribution in [3.05, 3.63) is 0 Å². The van der Waals surface area contributed by atoms with Crippen LogP contribution in [0.1, 0.15) is 120 Å². The van der Waals surface area contributed by atoms with Crippen LogP contribution in [0, 0.1) is 28.6 Å². The second-order valence-electron chi connectivity index (χ2n) is 12.3. The third-order valence-corrected chi connectivity index (χ3v) is 6.07. The summed E-state index contributed by atoms with van der Waals surface area (Å²) in [4.78, 5) is 45.3. The van der Waals surface area contributed by atoms with E-state index < -0.39 is 17.7 Å². The molecule has 6 nitrogen and oxygen atoms in total. The Kier molecular flexibility index (Phi) is 11.2. The minimum absolute atomic E-state index is 0.0619. The molecular formula is C26H48O6. The predicted octanol–water partition coefficient (Wildman–Crippen LogP) is 7.16. The average molecular weight is 457 g/mol. The van der Waals surface area contributed by atoms with Crippen molar-refractivity contribution in [3.63, 3.8) is 0 Å². The van der Waals surface area contributed by atoms with Crippen molar-refractivity contribution in [2.24, 2.45) is 28.6 Å². The largest absolute Gasteiger partial charge is 0.420 e. The maximum atomic E-state index is 13.0. The van der Waals surface area contributed by atoms with Crippen molar-refractivity contribution in [1.82, 2.24) is 0 Å². The van der Waals surface area contributed by atoms with Crippen LogP contribution in [0.2, 0.25) is 0 Å². The summed E-state index contributed by atoms with van der Waals surface area (Å²) in [7, 11) is 0. The zero-order chi connectivity index (χ0) is 24.6. The van der Waals surface area contributed by atoms with Crippen LogP contribution in [-0.4, -0.2) is 17.7 Å². The molecule has 1 atom stereocenters. The van der Waals surface area contributed by atoms with Gasteiger partial charge in [-0.1, -0.05) is 94.4 Å². The Bertz CT molecular complexity index is 584. The van der Waals surface area contributed by atoms with Crippen LogP contribution in [0.4, 0.5) is 0 Å². The van der Waals surface area contributed by atoms with Gasteiger partial charge in [-0.25, -0.2) is 19.4 Å². The van der Waals surface area contributed by atoms with E-state index in [1.54, 1.807) is 0 Å². The SMILES string of the molecule is CC(C)CCCCC(C(=O)OOC(=O)C1(CCCCC(C)C)OO1)C(C)(C)CC(C)(C)C. The molecule has 0 spiro atoms. The molecule has 0 amide bonds. The monoisotopic (exact) mass is 456 g/mol. The van der Waals surface area contributed by atoms with E-state index in [0.29, 0.717) is 24.7 Å². The van der Waals surface area contributed by atoms with Crippen molar-refractivity contribution in [1.29, 1.82) is 0 Å². The highest BCUT2D eigenvalue weighted by molar-refractivity contribution is 5.80. The Morgan fingerprint density at radius 3 is 1.75 bits per heavy atom. The second kappa shape index (κ2) is 12.4.